The lowest BCUT2D eigenvalue weighted by Crippen LogP contribution is -2.63. The van der Waals surface area contributed by atoms with Crippen LogP contribution in [0.3, 0.4) is 0 Å². The summed E-state index contributed by atoms with van der Waals surface area (Å²) < 4.78 is 44.1. The van der Waals surface area contributed by atoms with Gasteiger partial charge in [-0.2, -0.15) is 13.2 Å². The summed E-state index contributed by atoms with van der Waals surface area (Å²) in [4.78, 5) is 52.6. The van der Waals surface area contributed by atoms with Crippen LogP contribution in [0.5, 0.6) is 0 Å². The molecule has 32 heavy (non-hydrogen) atoms. The maximum Gasteiger partial charge on any atom is 0.425 e. The zero-order chi connectivity index (χ0) is 23.3. The van der Waals surface area contributed by atoms with Crippen molar-refractivity contribution in [3.8, 4) is 5.69 Å². The smallest absolute Gasteiger partial charge is 0.330 e. The molecule has 2 amide bonds. The summed E-state index contributed by atoms with van der Waals surface area (Å²) >= 11 is 0. The third-order valence-corrected chi connectivity index (χ3v) is 6.06. The maximum atomic E-state index is 14.4. The van der Waals surface area contributed by atoms with E-state index in [-0.39, 0.29) is 5.69 Å². The van der Waals surface area contributed by atoms with Gasteiger partial charge in [-0.1, -0.05) is 37.0 Å². The van der Waals surface area contributed by atoms with E-state index in [9.17, 15) is 32.3 Å². The van der Waals surface area contributed by atoms with Gasteiger partial charge in [0.1, 0.15) is 11.4 Å². The molecule has 1 aliphatic carbocycles. The molecule has 1 fully saturated rings. The SMILES string of the molecule is Cc1ccc(-n2c3c(c(=O)[nH]c2=O)[C@](NC(=O)C2CCCCC2)(C(F)(F)F)C(=O)N3)cc1. The summed E-state index contributed by atoms with van der Waals surface area (Å²) in [6.07, 6.45) is -2.29. The van der Waals surface area contributed by atoms with Crippen molar-refractivity contribution in [3.63, 3.8) is 0 Å². The zero-order valence-electron chi connectivity index (χ0n) is 17.1. The predicted molar refractivity (Wildman–Crippen MR) is 108 cm³/mol. The van der Waals surface area contributed by atoms with Crippen LogP contribution in [0, 0.1) is 12.8 Å². The Balaban J connectivity index is 1.92. The van der Waals surface area contributed by atoms with E-state index in [1.165, 1.54) is 12.1 Å². The Hall–Kier alpha value is -3.37. The summed E-state index contributed by atoms with van der Waals surface area (Å²) in [5.41, 5.74) is -6.10. The van der Waals surface area contributed by atoms with E-state index in [0.717, 1.165) is 16.6 Å². The number of benzene rings is 1. The van der Waals surface area contributed by atoms with E-state index in [0.29, 0.717) is 25.7 Å². The van der Waals surface area contributed by atoms with Gasteiger partial charge in [0.05, 0.1) is 5.69 Å². The van der Waals surface area contributed by atoms with Crippen LogP contribution in [-0.4, -0.2) is 27.5 Å². The lowest BCUT2D eigenvalue weighted by atomic mass is 9.86. The predicted octanol–water partition coefficient (Wildman–Crippen LogP) is 2.24. The van der Waals surface area contributed by atoms with E-state index in [1.807, 2.05) is 15.6 Å². The number of hydrogen-bond donors (Lipinski definition) is 3. The van der Waals surface area contributed by atoms with Gasteiger partial charge >= 0.3 is 11.9 Å². The number of aryl methyl sites for hydroxylation is 1. The van der Waals surface area contributed by atoms with Crippen LogP contribution in [0.25, 0.3) is 5.69 Å². The fourth-order valence-corrected chi connectivity index (χ4v) is 4.37. The van der Waals surface area contributed by atoms with E-state index in [2.05, 4.69) is 0 Å². The highest BCUT2D eigenvalue weighted by Gasteiger charge is 2.68. The van der Waals surface area contributed by atoms with Gasteiger partial charge in [0.2, 0.25) is 11.4 Å². The second-order valence-corrected chi connectivity index (χ2v) is 8.18. The van der Waals surface area contributed by atoms with Crippen molar-refractivity contribution >= 4 is 17.6 Å². The highest BCUT2D eigenvalue weighted by molar-refractivity contribution is 6.08. The molecule has 2 aromatic rings. The molecule has 0 radical (unpaired) electrons. The molecule has 0 unspecified atom stereocenters. The number of aromatic amines is 1. The molecular formula is C21H21F3N4O4. The van der Waals surface area contributed by atoms with Gasteiger partial charge in [-0.3, -0.25) is 19.4 Å². The van der Waals surface area contributed by atoms with Crippen molar-refractivity contribution in [2.75, 3.05) is 5.32 Å². The molecule has 1 atom stereocenters. The largest absolute Gasteiger partial charge is 0.425 e. The minimum atomic E-state index is -5.34. The van der Waals surface area contributed by atoms with Crippen LogP contribution in [0.2, 0.25) is 0 Å². The standard InChI is InChI=1S/C21H21F3N4O4/c1-11-7-9-13(10-8-11)28-15-14(17(30)26-19(28)32)20(18(31)25-15,21(22,23)24)27-16(29)12-5-3-2-4-6-12/h7-10,12H,2-6H2,1H3,(H,25,31)(H,27,29)(H,26,30,32)/t20-/m1/s1. The third kappa shape index (κ3) is 3.32. The molecule has 1 aromatic heterocycles. The number of fused-ring (bicyclic) bond motifs is 1. The number of H-pyrrole nitrogens is 1. The number of amides is 2. The lowest BCUT2D eigenvalue weighted by molar-refractivity contribution is -0.201. The van der Waals surface area contributed by atoms with Crippen LogP contribution in [0.4, 0.5) is 19.0 Å². The summed E-state index contributed by atoms with van der Waals surface area (Å²) in [5, 5.41) is 3.88. The Morgan fingerprint density at radius 2 is 1.72 bits per heavy atom. The number of hydrogen-bond acceptors (Lipinski definition) is 4. The summed E-state index contributed by atoms with van der Waals surface area (Å²) in [6.45, 7) is 1.78. The van der Waals surface area contributed by atoms with Crippen molar-refractivity contribution in [3.05, 3.63) is 56.2 Å². The number of nitrogens with zero attached hydrogens (tertiary/aromatic N) is 1. The second-order valence-electron chi connectivity index (χ2n) is 8.18. The zero-order valence-corrected chi connectivity index (χ0v) is 17.1. The first-order valence-electron chi connectivity index (χ1n) is 10.2. The van der Waals surface area contributed by atoms with Crippen molar-refractivity contribution in [1.82, 2.24) is 14.9 Å². The van der Waals surface area contributed by atoms with Gasteiger partial charge < -0.3 is 10.6 Å². The number of aromatic nitrogens is 2. The van der Waals surface area contributed by atoms with E-state index >= 15 is 0 Å². The van der Waals surface area contributed by atoms with E-state index in [4.69, 9.17) is 0 Å². The van der Waals surface area contributed by atoms with Gasteiger partial charge in [-0.05, 0) is 31.9 Å². The number of anilines is 1. The van der Waals surface area contributed by atoms with Crippen molar-refractivity contribution in [1.29, 1.82) is 0 Å². The Kier molecular flexibility index (Phi) is 5.22. The first-order valence-corrected chi connectivity index (χ1v) is 10.2. The summed E-state index contributed by atoms with van der Waals surface area (Å²) in [6, 6.07) is 6.18. The van der Waals surface area contributed by atoms with Gasteiger partial charge in [-0.15, -0.1) is 0 Å². The molecule has 11 heteroatoms. The molecule has 0 spiro atoms. The van der Waals surface area contributed by atoms with Gasteiger partial charge in [0, 0.05) is 5.92 Å². The van der Waals surface area contributed by atoms with Crippen molar-refractivity contribution < 1.29 is 22.8 Å². The van der Waals surface area contributed by atoms with E-state index in [1.54, 1.807) is 19.1 Å². The minimum Gasteiger partial charge on any atom is -0.330 e. The molecule has 2 aliphatic rings. The molecule has 0 saturated heterocycles. The molecule has 1 aliphatic heterocycles. The molecule has 1 aromatic carbocycles. The number of halogens is 3. The van der Waals surface area contributed by atoms with Gasteiger partial charge in [-0.25, -0.2) is 9.36 Å². The fourth-order valence-electron chi connectivity index (χ4n) is 4.37. The van der Waals surface area contributed by atoms with Gasteiger partial charge in [0.25, 0.3) is 11.5 Å². The maximum absolute atomic E-state index is 14.4. The van der Waals surface area contributed by atoms with Crippen LogP contribution in [0.15, 0.2) is 33.9 Å². The monoisotopic (exact) mass is 450 g/mol. The molecule has 8 nitrogen and oxygen atoms in total. The molecule has 170 valence electrons. The molecule has 3 N–H and O–H groups in total. The van der Waals surface area contributed by atoms with Gasteiger partial charge in [0.15, 0.2) is 0 Å². The first-order chi connectivity index (χ1) is 15.1. The number of alkyl halides is 3. The van der Waals surface area contributed by atoms with E-state index < -0.39 is 52.1 Å². The quantitative estimate of drug-likeness (QED) is 0.666. The molecule has 1 saturated carbocycles. The number of carbonyl (C=O) groups is 2. The normalized spacial score (nSPS) is 21.2. The molecule has 0 bridgehead atoms. The average Bonchev–Trinajstić information content (AvgIpc) is 3.03. The van der Waals surface area contributed by atoms with Crippen LogP contribution in [0.1, 0.15) is 43.2 Å². The van der Waals surface area contributed by atoms with Crippen molar-refractivity contribution in [2.24, 2.45) is 5.92 Å². The number of nitrogens with one attached hydrogen (secondary N) is 3. The topological polar surface area (TPSA) is 113 Å². The van der Waals surface area contributed by atoms with Crippen LogP contribution >= 0.6 is 0 Å². The minimum absolute atomic E-state index is 0.144. The Bertz CT molecular complexity index is 1190. The summed E-state index contributed by atoms with van der Waals surface area (Å²) in [7, 11) is 0. The Labute approximate surface area is 179 Å². The van der Waals surface area contributed by atoms with Crippen LogP contribution < -0.4 is 21.9 Å². The molecular weight excluding hydrogens is 429 g/mol. The second kappa shape index (κ2) is 7.64. The lowest BCUT2D eigenvalue weighted by Gasteiger charge is -2.32. The Morgan fingerprint density at radius 3 is 2.31 bits per heavy atom. The molecule has 4 rings (SSSR count). The Morgan fingerprint density at radius 1 is 1.09 bits per heavy atom. The average molecular weight is 450 g/mol. The first kappa shape index (κ1) is 21.8. The molecule has 2 heterocycles. The number of rotatable bonds is 3. The number of carbonyl (C=O) groups excluding carboxylic acids is 2. The highest BCUT2D eigenvalue weighted by atomic mass is 19.4. The fraction of sp³-hybridized carbons (Fsp3) is 0.429. The third-order valence-electron chi connectivity index (χ3n) is 6.06. The summed E-state index contributed by atoms with van der Waals surface area (Å²) in [5.74, 6) is -3.89. The highest BCUT2D eigenvalue weighted by Crippen LogP contribution is 2.45. The van der Waals surface area contributed by atoms with Crippen molar-refractivity contribution in [2.45, 2.75) is 50.7 Å². The van der Waals surface area contributed by atoms with Crippen LogP contribution in [-0.2, 0) is 15.1 Å².